The predicted molar refractivity (Wildman–Crippen MR) is 104 cm³/mol. The second-order valence-electron chi connectivity index (χ2n) is 0. The monoisotopic (exact) mass is 1180 g/mol. The molecule has 0 aliphatic heterocycles. The van der Waals surface area contributed by atoms with Gasteiger partial charge in [0.05, 0.1) is 0 Å². The first-order valence-corrected chi connectivity index (χ1v) is 0. The van der Waals surface area contributed by atoms with Crippen LogP contribution in [0.2, 0.25) is 0 Å². The van der Waals surface area contributed by atoms with Gasteiger partial charge in [-0.2, -0.15) is 0 Å². The van der Waals surface area contributed by atoms with Crippen molar-refractivity contribution in [3.63, 3.8) is 0 Å². The summed E-state index contributed by atoms with van der Waals surface area (Å²) < 4.78 is 0. The van der Waals surface area contributed by atoms with Crippen LogP contribution >= 0.6 is 99.0 Å². The van der Waals surface area contributed by atoms with E-state index in [0.717, 1.165) is 0 Å². The van der Waals surface area contributed by atoms with Crippen molar-refractivity contribution in [2.75, 3.05) is 0 Å². The van der Waals surface area contributed by atoms with Crippen molar-refractivity contribution >= 4 is 210 Å². The number of hydrogen-bond acceptors (Lipinski definition) is 0. The summed E-state index contributed by atoms with van der Waals surface area (Å²) in [5.74, 6) is 0. The smallest absolute Gasteiger partial charge is 3.00 e. The van der Waals surface area contributed by atoms with E-state index >= 15 is 0 Å². The molecule has 0 saturated heterocycles. The zero-order valence-corrected chi connectivity index (χ0v) is 35.8. The zero-order valence-electron chi connectivity index (χ0n) is 8.94. The number of rotatable bonds is 0. The van der Waals surface area contributed by atoms with Crippen LogP contribution in [0.25, 0.3) is 0 Å². The Bertz CT molecular complexity index is 33.2. The van der Waals surface area contributed by atoms with Crippen molar-refractivity contribution in [2.24, 2.45) is 0 Å². The zero-order chi connectivity index (χ0) is 0. The maximum atomic E-state index is 0. The van der Waals surface area contributed by atoms with Crippen molar-refractivity contribution < 1.29 is 60.3 Å². The Labute approximate surface area is 265 Å². The van der Waals surface area contributed by atoms with Crippen LogP contribution < -0.4 is 0 Å². The Morgan fingerprint density at radius 1 is 0.211 bits per heavy atom. The Morgan fingerprint density at radius 3 is 0.211 bits per heavy atom. The largest absolute Gasteiger partial charge is 3.00 e. The summed E-state index contributed by atoms with van der Waals surface area (Å²) >= 11 is 0. The summed E-state index contributed by atoms with van der Waals surface area (Å²) in [5.41, 5.74) is 0. The van der Waals surface area contributed by atoms with Crippen LogP contribution in [0.3, 0.4) is 0 Å². The minimum atomic E-state index is 0. The fourth-order valence-electron chi connectivity index (χ4n) is 0. The van der Waals surface area contributed by atoms with Crippen LogP contribution in [-0.4, -0.2) is 111 Å². The average Bonchev–Trinajstić information content (AvgIpc) is 0. The van der Waals surface area contributed by atoms with Gasteiger partial charge in [-0.3, -0.25) is 0 Å². The molecule has 0 aliphatic carbocycles. The van der Waals surface area contributed by atoms with Crippen LogP contribution in [0.15, 0.2) is 0 Å². The molecule has 0 bridgehead atoms. The molecule has 0 aliphatic rings. The van der Waals surface area contributed by atoms with Crippen LogP contribution in [0, 0.1) is 0 Å². The third-order valence-corrected chi connectivity index (χ3v) is 0. The second kappa shape index (κ2) is 209. The van der Waals surface area contributed by atoms with Gasteiger partial charge in [-0.05, 0) is 0 Å². The molecule has 3 radical (unpaired) electrons. The van der Waals surface area contributed by atoms with Crippen molar-refractivity contribution in [3.8, 4) is 0 Å². The molecule has 0 heterocycles. The second-order valence-corrected chi connectivity index (χ2v) is 0. The molecule has 0 nitrogen and oxygen atoms in total. The van der Waals surface area contributed by atoms with Gasteiger partial charge < -0.3 is 99.0 Å². The van der Waals surface area contributed by atoms with E-state index in [2.05, 4.69) is 0 Å². The van der Waals surface area contributed by atoms with Crippen LogP contribution in [0.1, 0.15) is 0 Å². The standard InChI is InChI=1S/3Al.3Ga.3Ir.10P/q6*+3;;;;10*-3. The molecule has 0 unspecified atom stereocenters. The van der Waals surface area contributed by atoms with Crippen molar-refractivity contribution in [2.45, 2.75) is 0 Å². The number of hydrogen-bond donors (Lipinski definition) is 0. The summed E-state index contributed by atoms with van der Waals surface area (Å²) in [6.07, 6.45) is 0. The van der Waals surface area contributed by atoms with Crippen LogP contribution in [-0.2, 0) is 60.3 Å². The fourth-order valence-corrected chi connectivity index (χ4v) is 0. The van der Waals surface area contributed by atoms with E-state index in [1.807, 2.05) is 0 Å². The van der Waals surface area contributed by atoms with Crippen molar-refractivity contribution in [1.82, 2.24) is 0 Å². The van der Waals surface area contributed by atoms with Crippen molar-refractivity contribution in [3.05, 3.63) is 0 Å². The van der Waals surface area contributed by atoms with E-state index in [9.17, 15) is 0 Å². The third-order valence-electron chi connectivity index (χ3n) is 0. The summed E-state index contributed by atoms with van der Waals surface area (Å²) in [5, 5.41) is 0. The molecule has 19 heavy (non-hydrogen) atoms. The summed E-state index contributed by atoms with van der Waals surface area (Å²) in [7, 11) is 0. The molecule has 0 N–H and O–H groups in total. The summed E-state index contributed by atoms with van der Waals surface area (Å²) in [6.45, 7) is 0. The van der Waals surface area contributed by atoms with Crippen LogP contribution in [0.4, 0.5) is 0 Å². The molecule has 0 amide bonds. The molecule has 0 fully saturated rings. The van der Waals surface area contributed by atoms with E-state index in [1.165, 1.54) is 0 Å². The van der Waals surface area contributed by atoms with E-state index in [0.29, 0.717) is 0 Å². The van der Waals surface area contributed by atoms with Gasteiger partial charge in [0.25, 0.3) is 0 Å². The van der Waals surface area contributed by atoms with Gasteiger partial charge in [0.15, 0.2) is 0 Å². The van der Waals surface area contributed by atoms with Gasteiger partial charge in [0.1, 0.15) is 0 Å². The minimum Gasteiger partial charge on any atom is -3.00 e. The first-order valence-electron chi connectivity index (χ1n) is 0. The molecule has 0 saturated carbocycles. The van der Waals surface area contributed by atoms with Gasteiger partial charge in [0, 0.05) is 60.3 Å². The molecule has 0 aromatic rings. The molecule has 0 spiro atoms. The Kier molecular flexibility index (Phi) is 2560. The van der Waals surface area contributed by atoms with E-state index in [1.54, 1.807) is 0 Å². The maximum Gasteiger partial charge on any atom is 3.00 e. The van der Waals surface area contributed by atoms with E-state index in [4.69, 9.17) is 0 Å². The summed E-state index contributed by atoms with van der Waals surface area (Å²) in [4.78, 5) is 0. The Hall–Kier alpha value is 9.75. The molecule has 0 aromatic heterocycles. The normalized spacial score (nSPS) is 0. The molecule has 19 heteroatoms. The minimum absolute atomic E-state index is 0. The third kappa shape index (κ3) is 193. The van der Waals surface area contributed by atoms with E-state index < -0.39 is 0 Å². The van der Waals surface area contributed by atoms with Gasteiger partial charge in [-0.25, -0.2) is 0 Å². The molecule has 0 aromatic carbocycles. The Balaban J connectivity index is 0. The van der Waals surface area contributed by atoms with Gasteiger partial charge in [-0.1, -0.05) is 0 Å². The topological polar surface area (TPSA) is 0 Å². The SMILES string of the molecule is [Al+3].[Al+3].[Al+3].[Ga+3].[Ga+3].[Ga+3].[Ir].[Ir].[Ir].[P-3].[P-3].[P-3].[P-3].[P-3].[P-3].[P-3].[P-3].[P-3].[P-3]. The van der Waals surface area contributed by atoms with Gasteiger partial charge >= 0.3 is 111 Å². The van der Waals surface area contributed by atoms with Crippen LogP contribution in [0.5, 0.6) is 0 Å². The maximum absolute atomic E-state index is 0. The first-order chi connectivity index (χ1) is 0. The first kappa shape index (κ1) is 233. The van der Waals surface area contributed by atoms with E-state index in [-0.39, 0.29) is 271 Å². The molecule has 0 rings (SSSR count). The predicted octanol–water partition coefficient (Wildman–Crippen LogP) is 6.32. The Morgan fingerprint density at radius 2 is 0.211 bits per heavy atom. The van der Waals surface area contributed by atoms with Gasteiger partial charge in [0.2, 0.25) is 0 Å². The van der Waals surface area contributed by atoms with Gasteiger partial charge in [-0.15, -0.1) is 0 Å². The molecular weight excluding hydrogens is 1180 g/mol. The fraction of sp³-hybridized carbons (Fsp3) is 0. The van der Waals surface area contributed by atoms with Crippen molar-refractivity contribution in [1.29, 1.82) is 0 Å². The quantitative estimate of drug-likeness (QED) is 0.197. The summed E-state index contributed by atoms with van der Waals surface area (Å²) in [6, 6.07) is 0. The average molecular weight is 1180 g/mol. The molecular formula is Al3Ga3Ir3P10-12. The molecule has 107 valence electrons. The molecule has 0 atom stereocenters.